The van der Waals surface area contributed by atoms with E-state index in [0.29, 0.717) is 0 Å². The maximum atomic E-state index is 5.68. The topological polar surface area (TPSA) is 9.23 Å². The second-order valence-electron chi connectivity index (χ2n) is 2.66. The summed E-state index contributed by atoms with van der Waals surface area (Å²) < 4.78 is 5.17. The maximum absolute atomic E-state index is 5.68. The Morgan fingerprint density at radius 2 is 1.92 bits per heavy atom. The van der Waals surface area contributed by atoms with Gasteiger partial charge in [0.05, 0.1) is 7.11 Å². The number of aryl methyl sites for hydroxylation is 2. The quantitative estimate of drug-likeness (QED) is 0.726. The summed E-state index contributed by atoms with van der Waals surface area (Å²) in [5, 5.41) is 0. The Morgan fingerprint density at radius 3 is 2.42 bits per heavy atom. The molecule has 0 atom stereocenters. The van der Waals surface area contributed by atoms with E-state index in [-0.39, 0.29) is 0 Å². The van der Waals surface area contributed by atoms with Crippen LogP contribution in [0.1, 0.15) is 11.1 Å². The van der Waals surface area contributed by atoms with Crippen LogP contribution in [0.2, 0.25) is 0 Å². The van der Waals surface area contributed by atoms with Crippen LogP contribution in [0.3, 0.4) is 0 Å². The van der Waals surface area contributed by atoms with Crippen LogP contribution in [-0.4, -0.2) is 7.11 Å². The maximum Gasteiger partial charge on any atom is 0.122 e. The van der Waals surface area contributed by atoms with Gasteiger partial charge in [0.25, 0.3) is 0 Å². The molecule has 0 saturated heterocycles. The van der Waals surface area contributed by atoms with Crippen molar-refractivity contribution in [3.05, 3.63) is 23.3 Å². The van der Waals surface area contributed by atoms with Crippen molar-refractivity contribution in [2.45, 2.75) is 18.7 Å². The van der Waals surface area contributed by atoms with Crippen molar-refractivity contribution in [1.29, 1.82) is 0 Å². The first-order chi connectivity index (χ1) is 5.69. The van der Waals surface area contributed by atoms with Gasteiger partial charge in [0, 0.05) is 4.90 Å². The highest BCUT2D eigenvalue weighted by molar-refractivity contribution is 8.21. The van der Waals surface area contributed by atoms with Crippen LogP contribution in [0.4, 0.5) is 0 Å². The predicted molar refractivity (Wildman–Crippen MR) is 54.2 cm³/mol. The summed E-state index contributed by atoms with van der Waals surface area (Å²) in [6, 6.07) is 4.03. The molecule has 0 aliphatic rings. The van der Waals surface area contributed by atoms with Gasteiger partial charge in [-0.1, -0.05) is 0 Å². The van der Waals surface area contributed by atoms with Crippen LogP contribution in [0.25, 0.3) is 0 Å². The minimum Gasteiger partial charge on any atom is -0.496 e. The van der Waals surface area contributed by atoms with Gasteiger partial charge in [0.1, 0.15) is 5.75 Å². The van der Waals surface area contributed by atoms with Gasteiger partial charge >= 0.3 is 0 Å². The molecule has 0 fully saturated rings. The molecule has 1 aromatic carbocycles. The van der Waals surface area contributed by atoms with E-state index >= 15 is 0 Å². The molecule has 1 nitrogen and oxygen atoms in total. The second kappa shape index (κ2) is 4.06. The van der Waals surface area contributed by atoms with Crippen molar-refractivity contribution in [2.75, 3.05) is 7.11 Å². The van der Waals surface area contributed by atoms with Crippen molar-refractivity contribution >= 4 is 21.7 Å². The Morgan fingerprint density at radius 1 is 1.25 bits per heavy atom. The Labute approximate surface area is 81.6 Å². The molecule has 0 aromatic heterocycles. The first-order valence-electron chi connectivity index (χ1n) is 3.63. The minimum absolute atomic E-state index is 0.918. The lowest BCUT2D eigenvalue weighted by atomic mass is 10.1. The van der Waals surface area contributed by atoms with E-state index in [1.54, 1.807) is 7.11 Å². The van der Waals surface area contributed by atoms with E-state index < -0.39 is 0 Å². The number of benzene rings is 1. The molecule has 0 aliphatic carbocycles. The molecule has 0 amide bonds. The zero-order chi connectivity index (χ0) is 9.14. The molecular weight excluding hydrogens is 192 g/mol. The minimum atomic E-state index is 0.918. The standard InChI is InChI=1S/C9H11ClOS/c1-6-5-9(12-10)7(2)4-8(6)11-3/h4-5H,1-3H3. The molecule has 0 bridgehead atoms. The van der Waals surface area contributed by atoms with Gasteiger partial charge in [0.2, 0.25) is 0 Å². The highest BCUT2D eigenvalue weighted by Gasteiger charge is 2.03. The molecule has 0 radical (unpaired) electrons. The number of hydrogen-bond acceptors (Lipinski definition) is 2. The molecule has 0 spiro atoms. The Balaban J connectivity index is 3.16. The average molecular weight is 203 g/mol. The summed E-state index contributed by atoms with van der Waals surface area (Å²) in [5.74, 6) is 0.918. The highest BCUT2D eigenvalue weighted by atomic mass is 35.7. The van der Waals surface area contributed by atoms with Gasteiger partial charge in [0.15, 0.2) is 0 Å². The largest absolute Gasteiger partial charge is 0.496 e. The Bertz CT molecular complexity index is 256. The Hall–Kier alpha value is -0.340. The second-order valence-corrected chi connectivity index (χ2v) is 3.72. The lowest BCUT2D eigenvalue weighted by Crippen LogP contribution is -1.89. The summed E-state index contributed by atoms with van der Waals surface area (Å²) in [7, 11) is 8.60. The summed E-state index contributed by atoms with van der Waals surface area (Å²) in [6.07, 6.45) is 0. The van der Waals surface area contributed by atoms with Gasteiger partial charge < -0.3 is 4.74 Å². The van der Waals surface area contributed by atoms with Gasteiger partial charge in [-0.3, -0.25) is 0 Å². The zero-order valence-electron chi connectivity index (χ0n) is 7.35. The van der Waals surface area contributed by atoms with E-state index in [2.05, 4.69) is 0 Å². The van der Waals surface area contributed by atoms with E-state index in [0.717, 1.165) is 21.8 Å². The fourth-order valence-electron chi connectivity index (χ4n) is 1.07. The molecule has 1 rings (SSSR count). The van der Waals surface area contributed by atoms with Crippen LogP contribution >= 0.6 is 21.7 Å². The molecule has 3 heteroatoms. The molecular formula is C9H11ClOS. The number of ether oxygens (including phenoxy) is 1. The first-order valence-corrected chi connectivity index (χ1v) is 5.27. The molecule has 0 heterocycles. The fourth-order valence-corrected chi connectivity index (χ4v) is 1.97. The van der Waals surface area contributed by atoms with Crippen molar-refractivity contribution in [1.82, 2.24) is 0 Å². The summed E-state index contributed by atoms with van der Waals surface area (Å²) >= 11 is 0. The molecule has 0 aliphatic heterocycles. The normalized spacial score (nSPS) is 10.0. The lowest BCUT2D eigenvalue weighted by Gasteiger charge is -2.08. The highest BCUT2D eigenvalue weighted by Crippen LogP contribution is 2.31. The van der Waals surface area contributed by atoms with Crippen LogP contribution in [0.15, 0.2) is 17.0 Å². The molecule has 12 heavy (non-hydrogen) atoms. The molecule has 0 unspecified atom stereocenters. The number of hydrogen-bond donors (Lipinski definition) is 0. The number of methoxy groups -OCH3 is 1. The van der Waals surface area contributed by atoms with Gasteiger partial charge in [-0.15, -0.1) is 0 Å². The van der Waals surface area contributed by atoms with Crippen LogP contribution in [0.5, 0.6) is 5.75 Å². The molecule has 0 N–H and O–H groups in total. The smallest absolute Gasteiger partial charge is 0.122 e. The zero-order valence-corrected chi connectivity index (χ0v) is 8.92. The fraction of sp³-hybridized carbons (Fsp3) is 0.333. The van der Waals surface area contributed by atoms with Crippen molar-refractivity contribution < 1.29 is 4.74 Å². The van der Waals surface area contributed by atoms with Crippen molar-refractivity contribution in [2.24, 2.45) is 0 Å². The van der Waals surface area contributed by atoms with E-state index in [9.17, 15) is 0 Å². The average Bonchev–Trinajstić information content (AvgIpc) is 2.08. The van der Waals surface area contributed by atoms with Crippen molar-refractivity contribution in [3.63, 3.8) is 0 Å². The van der Waals surface area contributed by atoms with Crippen LogP contribution < -0.4 is 4.74 Å². The first kappa shape index (κ1) is 9.75. The van der Waals surface area contributed by atoms with Gasteiger partial charge in [-0.05, 0) is 58.8 Å². The third kappa shape index (κ3) is 1.87. The SMILES string of the molecule is COc1cc(C)c(SCl)cc1C. The number of halogens is 1. The lowest BCUT2D eigenvalue weighted by molar-refractivity contribution is 0.411. The summed E-state index contributed by atoms with van der Waals surface area (Å²) in [6.45, 7) is 4.03. The molecule has 0 saturated carbocycles. The van der Waals surface area contributed by atoms with Crippen LogP contribution in [0, 0.1) is 13.8 Å². The molecule has 1 aromatic rings. The van der Waals surface area contributed by atoms with Crippen LogP contribution in [-0.2, 0) is 0 Å². The predicted octanol–water partition coefficient (Wildman–Crippen LogP) is 3.56. The monoisotopic (exact) mass is 202 g/mol. The van der Waals surface area contributed by atoms with E-state index in [1.807, 2.05) is 26.0 Å². The van der Waals surface area contributed by atoms with Gasteiger partial charge in [-0.25, -0.2) is 0 Å². The van der Waals surface area contributed by atoms with E-state index in [1.165, 1.54) is 11.0 Å². The van der Waals surface area contributed by atoms with E-state index in [4.69, 9.17) is 15.4 Å². The third-order valence-corrected chi connectivity index (χ3v) is 2.88. The molecule has 66 valence electrons. The van der Waals surface area contributed by atoms with Gasteiger partial charge in [-0.2, -0.15) is 0 Å². The van der Waals surface area contributed by atoms with Crippen molar-refractivity contribution in [3.8, 4) is 5.75 Å². The third-order valence-electron chi connectivity index (χ3n) is 1.78. The summed E-state index contributed by atoms with van der Waals surface area (Å²) in [4.78, 5) is 1.09. The number of rotatable bonds is 2. The Kier molecular flexibility index (Phi) is 3.29. The summed E-state index contributed by atoms with van der Waals surface area (Å²) in [5.41, 5.74) is 2.27.